The van der Waals surface area contributed by atoms with E-state index >= 15 is 0 Å². The first-order valence-electron chi connectivity index (χ1n) is 4.52. The first kappa shape index (κ1) is 12.9. The molecule has 0 radical (unpaired) electrons. The first-order valence-corrected chi connectivity index (χ1v) is 8.68. The van der Waals surface area contributed by atoms with Gasteiger partial charge in [-0.05, 0) is 24.6 Å². The molecule has 1 atom stereocenters. The van der Waals surface area contributed by atoms with Crippen LogP contribution in [0.15, 0.2) is 0 Å². The molecular formula is C9H21IOSi. The van der Waals surface area contributed by atoms with Gasteiger partial charge in [0.05, 0.1) is 4.11 Å². The van der Waals surface area contributed by atoms with E-state index in [4.69, 9.17) is 4.43 Å². The normalized spacial score (nSPS) is 16.2. The van der Waals surface area contributed by atoms with Gasteiger partial charge in [0.15, 0.2) is 8.32 Å². The van der Waals surface area contributed by atoms with E-state index in [0.717, 1.165) is 6.42 Å². The lowest BCUT2D eigenvalue weighted by molar-refractivity contribution is 0.271. The van der Waals surface area contributed by atoms with E-state index in [2.05, 4.69) is 63.4 Å². The average Bonchev–Trinajstić information content (AvgIpc) is 1.84. The van der Waals surface area contributed by atoms with Crippen LogP contribution in [-0.2, 0) is 4.43 Å². The average molecular weight is 300 g/mol. The third kappa shape index (κ3) is 3.74. The Hall–Kier alpha value is 0.907. The molecular weight excluding hydrogens is 279 g/mol. The van der Waals surface area contributed by atoms with Gasteiger partial charge in [0.25, 0.3) is 0 Å². The summed E-state index contributed by atoms with van der Waals surface area (Å²) in [5, 5.41) is 0.339. The Morgan fingerprint density at radius 2 is 1.75 bits per heavy atom. The van der Waals surface area contributed by atoms with Crippen molar-refractivity contribution in [2.24, 2.45) is 0 Å². The van der Waals surface area contributed by atoms with Crippen molar-refractivity contribution < 1.29 is 4.43 Å². The first-order chi connectivity index (χ1) is 5.20. The number of hydrogen-bond donors (Lipinski definition) is 0. The van der Waals surface area contributed by atoms with Crippen LogP contribution in [0.2, 0.25) is 18.1 Å². The summed E-state index contributed by atoms with van der Waals surface area (Å²) in [6.07, 6.45) is 1.10. The molecule has 0 bridgehead atoms. The molecule has 0 N–H and O–H groups in total. The van der Waals surface area contributed by atoms with Crippen LogP contribution in [0.4, 0.5) is 0 Å². The minimum absolute atomic E-state index is 0.339. The van der Waals surface area contributed by atoms with Crippen LogP contribution in [0.3, 0.4) is 0 Å². The van der Waals surface area contributed by atoms with Crippen LogP contribution in [0.25, 0.3) is 0 Å². The minimum Gasteiger partial charge on any atom is -0.405 e. The topological polar surface area (TPSA) is 9.23 Å². The molecule has 0 amide bonds. The van der Waals surface area contributed by atoms with Crippen molar-refractivity contribution in [2.75, 3.05) is 0 Å². The van der Waals surface area contributed by atoms with Crippen LogP contribution >= 0.6 is 22.6 Å². The Kier molecular flexibility index (Phi) is 4.75. The molecule has 1 nitrogen and oxygen atoms in total. The van der Waals surface area contributed by atoms with E-state index in [9.17, 15) is 0 Å². The lowest BCUT2D eigenvalue weighted by Crippen LogP contribution is -2.42. The second-order valence-corrected chi connectivity index (χ2v) is 10.8. The van der Waals surface area contributed by atoms with Crippen molar-refractivity contribution in [1.29, 1.82) is 0 Å². The van der Waals surface area contributed by atoms with Gasteiger partial charge in [-0.25, -0.2) is 0 Å². The molecule has 0 spiro atoms. The highest BCUT2D eigenvalue weighted by Crippen LogP contribution is 2.38. The van der Waals surface area contributed by atoms with Crippen LogP contribution in [0.1, 0.15) is 34.1 Å². The van der Waals surface area contributed by atoms with Crippen molar-refractivity contribution in [3.8, 4) is 0 Å². The summed E-state index contributed by atoms with van der Waals surface area (Å²) in [6.45, 7) is 13.6. The fourth-order valence-corrected chi connectivity index (χ4v) is 3.65. The highest BCUT2D eigenvalue weighted by molar-refractivity contribution is 14.1. The van der Waals surface area contributed by atoms with Gasteiger partial charge in [-0.1, -0.05) is 50.3 Å². The van der Waals surface area contributed by atoms with Crippen LogP contribution in [-0.4, -0.2) is 12.4 Å². The fraction of sp³-hybridized carbons (Fsp3) is 1.00. The monoisotopic (exact) mass is 300 g/mol. The Labute approximate surface area is 91.5 Å². The summed E-state index contributed by atoms with van der Waals surface area (Å²) in [7, 11) is -1.50. The van der Waals surface area contributed by atoms with Gasteiger partial charge in [-0.3, -0.25) is 0 Å². The van der Waals surface area contributed by atoms with E-state index in [1.807, 2.05) is 0 Å². The molecule has 0 heterocycles. The lowest BCUT2D eigenvalue weighted by Gasteiger charge is -2.37. The lowest BCUT2D eigenvalue weighted by atomic mass is 10.2. The molecule has 0 aromatic carbocycles. The maximum absolute atomic E-state index is 6.08. The smallest absolute Gasteiger partial charge is 0.193 e. The fourth-order valence-electron chi connectivity index (χ4n) is 0.580. The SMILES string of the molecule is CCC(I)O[Si](C)(C)C(C)(C)C. The zero-order valence-corrected chi connectivity index (χ0v) is 12.2. The van der Waals surface area contributed by atoms with Crippen LogP contribution < -0.4 is 0 Å². The molecule has 0 rings (SSSR count). The predicted molar refractivity (Wildman–Crippen MR) is 66.4 cm³/mol. The Bertz CT molecular complexity index is 140. The summed E-state index contributed by atoms with van der Waals surface area (Å²) in [5.74, 6) is 0. The van der Waals surface area contributed by atoms with E-state index in [1.165, 1.54) is 0 Å². The third-order valence-corrected chi connectivity index (χ3v) is 8.65. The summed E-state index contributed by atoms with van der Waals surface area (Å²) in [5.41, 5.74) is 0. The molecule has 3 heteroatoms. The molecule has 0 aliphatic carbocycles. The molecule has 0 saturated heterocycles. The molecule has 0 aromatic heterocycles. The molecule has 0 fully saturated rings. The second-order valence-electron chi connectivity index (χ2n) is 4.70. The number of hydrogen-bond acceptors (Lipinski definition) is 1. The summed E-state index contributed by atoms with van der Waals surface area (Å²) >= 11 is 2.38. The van der Waals surface area contributed by atoms with E-state index in [-0.39, 0.29) is 0 Å². The van der Waals surface area contributed by atoms with Gasteiger partial charge in [0.1, 0.15) is 0 Å². The van der Waals surface area contributed by atoms with Crippen molar-refractivity contribution in [3.05, 3.63) is 0 Å². The highest BCUT2D eigenvalue weighted by atomic mass is 127. The maximum atomic E-state index is 6.08. The largest absolute Gasteiger partial charge is 0.405 e. The van der Waals surface area contributed by atoms with Crippen LogP contribution in [0.5, 0.6) is 0 Å². The molecule has 0 aliphatic heterocycles. The number of rotatable bonds is 3. The second kappa shape index (κ2) is 4.42. The minimum atomic E-state index is -1.50. The van der Waals surface area contributed by atoms with Crippen molar-refractivity contribution >= 4 is 30.9 Å². The van der Waals surface area contributed by atoms with Gasteiger partial charge in [-0.15, -0.1) is 0 Å². The quantitative estimate of drug-likeness (QED) is 0.431. The molecule has 0 saturated carbocycles. The molecule has 0 aromatic rings. The van der Waals surface area contributed by atoms with Crippen molar-refractivity contribution in [3.63, 3.8) is 0 Å². The van der Waals surface area contributed by atoms with E-state index in [1.54, 1.807) is 0 Å². The summed E-state index contributed by atoms with van der Waals surface area (Å²) < 4.78 is 6.47. The molecule has 74 valence electrons. The molecule has 0 aliphatic rings. The number of halogens is 1. The molecule has 1 unspecified atom stereocenters. The predicted octanol–water partition coefficient (Wildman–Crippen LogP) is 4.18. The van der Waals surface area contributed by atoms with Gasteiger partial charge < -0.3 is 4.43 Å². The highest BCUT2D eigenvalue weighted by Gasteiger charge is 2.38. The van der Waals surface area contributed by atoms with Crippen molar-refractivity contribution in [2.45, 2.75) is 56.4 Å². The van der Waals surface area contributed by atoms with E-state index in [0.29, 0.717) is 9.15 Å². The standard InChI is InChI=1S/C9H21IOSi/c1-7-8(10)11-12(5,6)9(2,3)4/h8H,7H2,1-6H3. The van der Waals surface area contributed by atoms with Gasteiger partial charge in [0.2, 0.25) is 0 Å². The third-order valence-electron chi connectivity index (χ3n) is 2.55. The van der Waals surface area contributed by atoms with Crippen LogP contribution in [0, 0.1) is 0 Å². The van der Waals surface area contributed by atoms with E-state index < -0.39 is 8.32 Å². The summed E-state index contributed by atoms with van der Waals surface area (Å²) in [6, 6.07) is 0. The van der Waals surface area contributed by atoms with Gasteiger partial charge in [0, 0.05) is 0 Å². The maximum Gasteiger partial charge on any atom is 0.193 e. The zero-order valence-electron chi connectivity index (χ0n) is 9.07. The van der Waals surface area contributed by atoms with Gasteiger partial charge >= 0.3 is 0 Å². The van der Waals surface area contributed by atoms with Crippen molar-refractivity contribution in [1.82, 2.24) is 0 Å². The Morgan fingerprint density at radius 3 is 2.00 bits per heavy atom. The summed E-state index contributed by atoms with van der Waals surface area (Å²) in [4.78, 5) is 0. The van der Waals surface area contributed by atoms with Gasteiger partial charge in [-0.2, -0.15) is 0 Å². The number of alkyl halides is 1. The zero-order chi connectivity index (χ0) is 9.99. The molecule has 12 heavy (non-hydrogen) atoms. The Morgan fingerprint density at radius 1 is 1.33 bits per heavy atom. The Balaban J connectivity index is 4.22.